The van der Waals surface area contributed by atoms with Crippen molar-refractivity contribution in [2.75, 3.05) is 19.8 Å². The van der Waals surface area contributed by atoms with Crippen molar-refractivity contribution in [3.63, 3.8) is 0 Å². The maximum atomic E-state index is 12.1. The minimum absolute atomic E-state index is 0.159. The molecule has 1 aliphatic heterocycles. The number of benzene rings is 1. The van der Waals surface area contributed by atoms with Gasteiger partial charge in [0.15, 0.2) is 11.5 Å². The zero-order chi connectivity index (χ0) is 18.2. The highest BCUT2D eigenvalue weighted by Crippen LogP contribution is 2.34. The third kappa shape index (κ3) is 5.85. The van der Waals surface area contributed by atoms with Gasteiger partial charge in [-0.15, -0.1) is 0 Å². The Morgan fingerprint density at radius 2 is 1.92 bits per heavy atom. The number of carbonyl (C=O) groups is 2. The van der Waals surface area contributed by atoms with Gasteiger partial charge >= 0.3 is 6.03 Å². The average Bonchev–Trinajstić information content (AvgIpc) is 2.80. The van der Waals surface area contributed by atoms with E-state index in [4.69, 9.17) is 15.2 Å². The van der Waals surface area contributed by atoms with Crippen LogP contribution in [0.4, 0.5) is 4.79 Å². The Hall–Kier alpha value is -2.44. The van der Waals surface area contributed by atoms with E-state index in [0.29, 0.717) is 31.9 Å². The van der Waals surface area contributed by atoms with Crippen LogP contribution in [0.2, 0.25) is 0 Å². The fraction of sp³-hybridized carbons (Fsp3) is 0.556. The number of primary amides is 1. The molecular formula is C18H27N3O4. The number of fused-ring (bicyclic) bond motifs is 1. The van der Waals surface area contributed by atoms with Gasteiger partial charge in [0.1, 0.15) is 0 Å². The summed E-state index contributed by atoms with van der Waals surface area (Å²) in [5, 5.41) is 5.73. The Balaban J connectivity index is 1.99. The van der Waals surface area contributed by atoms with Crippen LogP contribution < -0.4 is 25.8 Å². The van der Waals surface area contributed by atoms with E-state index >= 15 is 0 Å². The molecule has 0 saturated carbocycles. The van der Waals surface area contributed by atoms with E-state index in [1.54, 1.807) is 0 Å². The number of urea groups is 1. The average molecular weight is 349 g/mol. The number of nitrogens with one attached hydrogen (secondary N) is 2. The summed E-state index contributed by atoms with van der Waals surface area (Å²) in [6, 6.07) is 5.34. The molecule has 138 valence electrons. The second-order valence-electron chi connectivity index (χ2n) is 6.45. The summed E-state index contributed by atoms with van der Waals surface area (Å²) in [7, 11) is 0. The zero-order valence-electron chi connectivity index (χ0n) is 14.8. The van der Waals surface area contributed by atoms with Crippen LogP contribution in [0.3, 0.4) is 0 Å². The summed E-state index contributed by atoms with van der Waals surface area (Å²) >= 11 is 0. The lowest BCUT2D eigenvalue weighted by atomic mass is 9.96. The topological polar surface area (TPSA) is 103 Å². The molecule has 1 atom stereocenters. The van der Waals surface area contributed by atoms with E-state index in [2.05, 4.69) is 10.6 Å². The van der Waals surface area contributed by atoms with Gasteiger partial charge in [0.05, 0.1) is 19.3 Å². The van der Waals surface area contributed by atoms with E-state index in [-0.39, 0.29) is 30.3 Å². The maximum Gasteiger partial charge on any atom is 0.315 e. The van der Waals surface area contributed by atoms with Crippen LogP contribution in [0, 0.1) is 5.92 Å². The molecule has 0 spiro atoms. The molecule has 1 heterocycles. The number of nitrogens with two attached hydrogens (primary N) is 1. The van der Waals surface area contributed by atoms with E-state index < -0.39 is 0 Å². The van der Waals surface area contributed by atoms with Gasteiger partial charge in [0, 0.05) is 19.4 Å². The van der Waals surface area contributed by atoms with Crippen molar-refractivity contribution in [1.82, 2.24) is 10.6 Å². The molecule has 0 saturated heterocycles. The van der Waals surface area contributed by atoms with Crippen molar-refractivity contribution in [3.05, 3.63) is 23.8 Å². The van der Waals surface area contributed by atoms with Crippen LogP contribution >= 0.6 is 0 Å². The first-order valence-electron chi connectivity index (χ1n) is 8.69. The number of ether oxygens (including phenoxy) is 2. The Kier molecular flexibility index (Phi) is 6.91. The summed E-state index contributed by atoms with van der Waals surface area (Å²) in [6.45, 7) is 5.76. The molecule has 2 rings (SSSR count). The predicted molar refractivity (Wildman–Crippen MR) is 94.6 cm³/mol. The Labute approximate surface area is 148 Å². The van der Waals surface area contributed by atoms with Gasteiger partial charge in [-0.25, -0.2) is 4.79 Å². The highest BCUT2D eigenvalue weighted by atomic mass is 16.5. The van der Waals surface area contributed by atoms with Crippen molar-refractivity contribution in [2.45, 2.75) is 39.2 Å². The molecule has 0 bridgehead atoms. The molecule has 7 heteroatoms. The first kappa shape index (κ1) is 18.9. The quantitative estimate of drug-likeness (QED) is 0.656. The van der Waals surface area contributed by atoms with Crippen LogP contribution in [0.5, 0.6) is 11.5 Å². The summed E-state index contributed by atoms with van der Waals surface area (Å²) in [4.78, 5) is 22.8. The van der Waals surface area contributed by atoms with Gasteiger partial charge in [-0.1, -0.05) is 19.9 Å². The Morgan fingerprint density at radius 1 is 1.20 bits per heavy atom. The normalized spacial score (nSPS) is 14.5. The van der Waals surface area contributed by atoms with Crippen LogP contribution in [0.1, 0.15) is 44.7 Å². The second-order valence-corrected chi connectivity index (χ2v) is 6.45. The summed E-state index contributed by atoms with van der Waals surface area (Å²) in [5.74, 6) is 1.28. The molecule has 0 fully saturated rings. The number of amides is 3. The molecule has 0 aromatic heterocycles. The minimum atomic E-state index is -0.366. The van der Waals surface area contributed by atoms with E-state index in [1.807, 2.05) is 32.0 Å². The standard InChI is InChI=1S/C18H27N3O4/c1-12(2)17(21-18(23)20-8-3-5-16(19)22)13-6-7-14-15(11-13)25-10-4-9-24-14/h6-7,11-12,17H,3-5,8-10H2,1-2H3,(H2,19,22)(H2,20,21,23). The smallest absolute Gasteiger partial charge is 0.315 e. The number of hydrogen-bond acceptors (Lipinski definition) is 4. The highest BCUT2D eigenvalue weighted by Gasteiger charge is 2.21. The maximum absolute atomic E-state index is 12.1. The second kappa shape index (κ2) is 9.15. The lowest BCUT2D eigenvalue weighted by molar-refractivity contribution is -0.118. The van der Waals surface area contributed by atoms with Crippen molar-refractivity contribution < 1.29 is 19.1 Å². The third-order valence-electron chi connectivity index (χ3n) is 3.97. The molecule has 0 radical (unpaired) electrons. The molecule has 0 aliphatic carbocycles. The molecule has 3 amide bonds. The number of rotatable bonds is 7. The number of hydrogen-bond donors (Lipinski definition) is 3. The van der Waals surface area contributed by atoms with E-state index in [1.165, 1.54) is 0 Å². The summed E-state index contributed by atoms with van der Waals surface area (Å²) < 4.78 is 11.4. The van der Waals surface area contributed by atoms with Crippen molar-refractivity contribution in [1.29, 1.82) is 0 Å². The van der Waals surface area contributed by atoms with Gasteiger partial charge in [-0.2, -0.15) is 0 Å². The van der Waals surface area contributed by atoms with Gasteiger partial charge in [-0.3, -0.25) is 4.79 Å². The van der Waals surface area contributed by atoms with Gasteiger partial charge in [0.2, 0.25) is 5.91 Å². The van der Waals surface area contributed by atoms with Crippen LogP contribution in [0.15, 0.2) is 18.2 Å². The van der Waals surface area contributed by atoms with Crippen LogP contribution in [-0.2, 0) is 4.79 Å². The van der Waals surface area contributed by atoms with Gasteiger partial charge < -0.3 is 25.8 Å². The first-order chi connectivity index (χ1) is 12.0. The third-order valence-corrected chi connectivity index (χ3v) is 3.97. The van der Waals surface area contributed by atoms with E-state index in [9.17, 15) is 9.59 Å². The summed E-state index contributed by atoms with van der Waals surface area (Å²) in [6.07, 6.45) is 1.64. The lowest BCUT2D eigenvalue weighted by Crippen LogP contribution is -2.40. The molecule has 1 aromatic carbocycles. The fourth-order valence-corrected chi connectivity index (χ4v) is 2.67. The Morgan fingerprint density at radius 3 is 2.60 bits per heavy atom. The SMILES string of the molecule is CC(C)C(NC(=O)NCCCC(N)=O)c1ccc2c(c1)OCCCO2. The first-order valence-corrected chi connectivity index (χ1v) is 8.69. The molecule has 1 aliphatic rings. The molecule has 1 aromatic rings. The lowest BCUT2D eigenvalue weighted by Gasteiger charge is -2.24. The molecule has 1 unspecified atom stereocenters. The van der Waals surface area contributed by atoms with Crippen LogP contribution in [-0.4, -0.2) is 31.7 Å². The Bertz CT molecular complexity index is 604. The van der Waals surface area contributed by atoms with Crippen molar-refractivity contribution in [3.8, 4) is 11.5 Å². The fourth-order valence-electron chi connectivity index (χ4n) is 2.67. The molecule has 4 N–H and O–H groups in total. The van der Waals surface area contributed by atoms with Gasteiger partial charge in [-0.05, 0) is 30.0 Å². The minimum Gasteiger partial charge on any atom is -0.490 e. The van der Waals surface area contributed by atoms with Crippen LogP contribution in [0.25, 0.3) is 0 Å². The molecular weight excluding hydrogens is 322 g/mol. The molecule has 25 heavy (non-hydrogen) atoms. The van der Waals surface area contributed by atoms with Crippen molar-refractivity contribution in [2.24, 2.45) is 11.7 Å². The zero-order valence-corrected chi connectivity index (χ0v) is 14.8. The largest absolute Gasteiger partial charge is 0.490 e. The highest BCUT2D eigenvalue weighted by molar-refractivity contribution is 5.75. The monoisotopic (exact) mass is 349 g/mol. The van der Waals surface area contributed by atoms with Crippen molar-refractivity contribution >= 4 is 11.9 Å². The summed E-state index contributed by atoms with van der Waals surface area (Å²) in [5.41, 5.74) is 6.05. The predicted octanol–water partition coefficient (Wildman–Crippen LogP) is 2.11. The molecule has 7 nitrogen and oxygen atoms in total. The number of carbonyl (C=O) groups excluding carboxylic acids is 2. The van der Waals surface area contributed by atoms with E-state index in [0.717, 1.165) is 17.7 Å². The van der Waals surface area contributed by atoms with Gasteiger partial charge in [0.25, 0.3) is 0 Å².